The summed E-state index contributed by atoms with van der Waals surface area (Å²) in [6, 6.07) is 24.1. The van der Waals surface area contributed by atoms with Crippen LogP contribution in [-0.2, 0) is 13.1 Å². The van der Waals surface area contributed by atoms with Crippen LogP contribution in [0.25, 0.3) is 17.1 Å². The van der Waals surface area contributed by atoms with Gasteiger partial charge in [0, 0.05) is 37.4 Å². The van der Waals surface area contributed by atoms with Crippen LogP contribution in [0.3, 0.4) is 0 Å². The second-order valence-corrected chi connectivity index (χ2v) is 10.1. The molecule has 1 saturated heterocycles. The van der Waals surface area contributed by atoms with Crippen molar-refractivity contribution < 1.29 is 4.39 Å². The summed E-state index contributed by atoms with van der Waals surface area (Å²) in [4.78, 5) is 4.44. The van der Waals surface area contributed by atoms with Crippen LogP contribution in [0.1, 0.15) is 30.9 Å². The predicted octanol–water partition coefficient (Wildman–Crippen LogP) is 6.64. The highest BCUT2D eigenvalue weighted by molar-refractivity contribution is 7.71. The number of unbranched alkanes of at least 4 members (excludes halogenated alkanes) is 1. The molecule has 1 aliphatic rings. The molecule has 1 aliphatic heterocycles. The Morgan fingerprint density at radius 2 is 1.59 bits per heavy atom. The van der Waals surface area contributed by atoms with Crippen molar-refractivity contribution in [2.45, 2.75) is 39.8 Å². The second-order valence-electron chi connectivity index (χ2n) is 9.78. The molecule has 5 rings (SSSR count). The van der Waals surface area contributed by atoms with Gasteiger partial charge in [-0.05, 0) is 61.8 Å². The van der Waals surface area contributed by atoms with Crippen molar-refractivity contribution in [1.29, 1.82) is 0 Å². The van der Waals surface area contributed by atoms with Gasteiger partial charge in [-0.25, -0.2) is 9.07 Å². The number of hydrogen-bond donors (Lipinski definition) is 0. The number of halogens is 1. The molecule has 5 nitrogen and oxygen atoms in total. The molecular weight excluding hydrogens is 481 g/mol. The van der Waals surface area contributed by atoms with E-state index in [0.717, 1.165) is 49.7 Å². The highest BCUT2D eigenvalue weighted by Gasteiger charge is 2.21. The molecular formula is C30H34FN5S. The minimum absolute atomic E-state index is 0.166. The van der Waals surface area contributed by atoms with Crippen molar-refractivity contribution in [3.05, 3.63) is 94.5 Å². The van der Waals surface area contributed by atoms with Gasteiger partial charge in [-0.1, -0.05) is 67.4 Å². The maximum absolute atomic E-state index is 14.3. The molecule has 1 aromatic heterocycles. The van der Waals surface area contributed by atoms with Gasteiger partial charge in [0.2, 0.25) is 4.77 Å². The first-order chi connectivity index (χ1) is 18.0. The molecule has 0 bridgehead atoms. The first-order valence-electron chi connectivity index (χ1n) is 13.1. The van der Waals surface area contributed by atoms with Gasteiger partial charge >= 0.3 is 0 Å². The summed E-state index contributed by atoms with van der Waals surface area (Å²) in [5, 5.41) is 5.00. The molecule has 0 radical (unpaired) electrons. The number of anilines is 1. The van der Waals surface area contributed by atoms with Crippen molar-refractivity contribution in [2.75, 3.05) is 31.1 Å². The average molecular weight is 516 g/mol. The van der Waals surface area contributed by atoms with Gasteiger partial charge in [0.25, 0.3) is 0 Å². The maximum Gasteiger partial charge on any atom is 0.204 e. The number of hydrogen-bond acceptors (Lipinski definition) is 4. The lowest BCUT2D eigenvalue weighted by molar-refractivity contribution is 0.194. The monoisotopic (exact) mass is 515 g/mol. The lowest BCUT2D eigenvalue weighted by Gasteiger charge is -2.35. The molecule has 0 saturated carbocycles. The Labute approximate surface area is 223 Å². The number of para-hydroxylation sites is 1. The van der Waals surface area contributed by atoms with Crippen molar-refractivity contribution in [1.82, 2.24) is 19.2 Å². The van der Waals surface area contributed by atoms with E-state index in [9.17, 15) is 4.39 Å². The third-order valence-corrected chi connectivity index (χ3v) is 7.46. The van der Waals surface area contributed by atoms with E-state index in [1.54, 1.807) is 6.07 Å². The van der Waals surface area contributed by atoms with Gasteiger partial charge in [-0.3, -0.25) is 9.47 Å². The molecule has 1 fully saturated rings. The summed E-state index contributed by atoms with van der Waals surface area (Å²) >= 11 is 5.99. The molecule has 192 valence electrons. The minimum Gasteiger partial charge on any atom is -0.367 e. The molecule has 0 amide bonds. The van der Waals surface area contributed by atoms with E-state index >= 15 is 0 Å². The van der Waals surface area contributed by atoms with Crippen LogP contribution in [0.5, 0.6) is 0 Å². The van der Waals surface area contributed by atoms with Crippen molar-refractivity contribution in [3.63, 3.8) is 0 Å². The highest BCUT2D eigenvalue weighted by Crippen LogP contribution is 2.25. The summed E-state index contributed by atoms with van der Waals surface area (Å²) in [5.41, 5.74) is 5.29. The van der Waals surface area contributed by atoms with E-state index < -0.39 is 0 Å². The summed E-state index contributed by atoms with van der Waals surface area (Å²) < 4.78 is 18.9. The molecule has 7 heteroatoms. The number of piperazine rings is 1. The lowest BCUT2D eigenvalue weighted by Crippen LogP contribution is -2.47. The van der Waals surface area contributed by atoms with E-state index in [1.807, 2.05) is 16.8 Å². The van der Waals surface area contributed by atoms with Crippen LogP contribution in [0.15, 0.2) is 72.8 Å². The normalized spacial score (nSPS) is 14.3. The zero-order chi connectivity index (χ0) is 25.8. The smallest absolute Gasteiger partial charge is 0.204 e. The first-order valence-corrected chi connectivity index (χ1v) is 13.5. The van der Waals surface area contributed by atoms with Gasteiger partial charge in [-0.15, -0.1) is 5.10 Å². The van der Waals surface area contributed by atoms with Crippen LogP contribution in [0.4, 0.5) is 10.1 Å². The van der Waals surface area contributed by atoms with E-state index in [1.165, 1.54) is 30.0 Å². The van der Waals surface area contributed by atoms with Crippen LogP contribution < -0.4 is 4.90 Å². The molecule has 4 aromatic rings. The Bertz CT molecular complexity index is 1380. The topological polar surface area (TPSA) is 29.2 Å². The Morgan fingerprint density at radius 1 is 0.892 bits per heavy atom. The average Bonchev–Trinajstić information content (AvgIpc) is 3.24. The Morgan fingerprint density at radius 3 is 2.27 bits per heavy atom. The lowest BCUT2D eigenvalue weighted by atomic mass is 10.1. The minimum atomic E-state index is -0.166. The van der Waals surface area contributed by atoms with Crippen molar-refractivity contribution in [3.8, 4) is 17.1 Å². The molecule has 0 spiro atoms. The summed E-state index contributed by atoms with van der Waals surface area (Å²) in [6.07, 6.45) is 3.46. The highest BCUT2D eigenvalue weighted by atomic mass is 32.1. The number of rotatable bonds is 8. The second kappa shape index (κ2) is 11.4. The quantitative estimate of drug-likeness (QED) is 0.246. The largest absolute Gasteiger partial charge is 0.367 e. The standard InChI is InChI=1S/C30H34FN5S/c1-3-4-7-24-12-16-26(17-13-24)36-29(25-14-10-23(2)11-15-25)32-35(30(36)37)22-33-18-20-34(21-19-33)28-9-6-5-8-27(28)31/h5-6,8-17H,3-4,7,18-22H2,1-2H3. The zero-order valence-electron chi connectivity index (χ0n) is 21.6. The third-order valence-electron chi connectivity index (χ3n) is 7.06. The fourth-order valence-electron chi connectivity index (χ4n) is 4.84. The van der Waals surface area contributed by atoms with Gasteiger partial charge in [0.1, 0.15) is 5.82 Å². The molecule has 0 N–H and O–H groups in total. The van der Waals surface area contributed by atoms with Crippen LogP contribution in [0, 0.1) is 17.5 Å². The fourth-order valence-corrected chi connectivity index (χ4v) is 5.13. The van der Waals surface area contributed by atoms with E-state index in [4.69, 9.17) is 17.3 Å². The Balaban J connectivity index is 1.40. The Kier molecular flexibility index (Phi) is 7.82. The SMILES string of the molecule is CCCCc1ccc(-n2c(-c3ccc(C)cc3)nn(CN3CCN(c4ccccc4F)CC3)c2=S)cc1. The first kappa shape index (κ1) is 25.4. The summed E-state index contributed by atoms with van der Waals surface area (Å²) in [7, 11) is 0. The summed E-state index contributed by atoms with van der Waals surface area (Å²) in [5.74, 6) is 0.677. The number of aryl methyl sites for hydroxylation is 2. The zero-order valence-corrected chi connectivity index (χ0v) is 22.4. The van der Waals surface area contributed by atoms with E-state index in [2.05, 4.69) is 76.7 Å². The summed E-state index contributed by atoms with van der Waals surface area (Å²) in [6.45, 7) is 8.06. The molecule has 3 aromatic carbocycles. The van der Waals surface area contributed by atoms with Crippen LogP contribution >= 0.6 is 12.2 Å². The Hall–Kier alpha value is -3.29. The molecule has 0 unspecified atom stereocenters. The van der Waals surface area contributed by atoms with Gasteiger partial charge in [0.15, 0.2) is 5.82 Å². The number of benzene rings is 3. The predicted molar refractivity (Wildman–Crippen MR) is 151 cm³/mol. The van der Waals surface area contributed by atoms with Gasteiger partial charge < -0.3 is 4.90 Å². The van der Waals surface area contributed by atoms with Crippen LogP contribution in [-0.4, -0.2) is 45.4 Å². The number of nitrogens with zero attached hydrogens (tertiary/aromatic N) is 5. The molecule has 2 heterocycles. The molecule has 0 atom stereocenters. The van der Waals surface area contributed by atoms with Gasteiger partial charge in [-0.2, -0.15) is 0 Å². The fraction of sp³-hybridized carbons (Fsp3) is 0.333. The number of aromatic nitrogens is 3. The van der Waals surface area contributed by atoms with Crippen molar-refractivity contribution in [2.24, 2.45) is 0 Å². The third kappa shape index (κ3) is 5.68. The van der Waals surface area contributed by atoms with E-state index in [-0.39, 0.29) is 5.82 Å². The maximum atomic E-state index is 14.3. The molecule has 37 heavy (non-hydrogen) atoms. The van der Waals surface area contributed by atoms with Crippen molar-refractivity contribution >= 4 is 17.9 Å². The van der Waals surface area contributed by atoms with E-state index in [0.29, 0.717) is 17.1 Å². The molecule has 0 aliphatic carbocycles. The van der Waals surface area contributed by atoms with Crippen LogP contribution in [0.2, 0.25) is 0 Å². The van der Waals surface area contributed by atoms with Gasteiger partial charge in [0.05, 0.1) is 12.4 Å².